The Bertz CT molecular complexity index is 609. The minimum atomic E-state index is -0.808. The molecule has 1 aromatic carbocycles. The molecule has 0 spiro atoms. The second kappa shape index (κ2) is 6.52. The second-order valence-electron chi connectivity index (χ2n) is 6.55. The molecular formula is C18H23NO4. The Hall–Kier alpha value is -2.17. The van der Waals surface area contributed by atoms with E-state index in [2.05, 4.69) is 0 Å². The maximum absolute atomic E-state index is 12.7. The molecule has 2 atom stereocenters. The molecular weight excluding hydrogens is 294 g/mol. The third-order valence-electron chi connectivity index (χ3n) is 4.32. The number of hydrogen-bond donors (Lipinski definition) is 0. The lowest BCUT2D eigenvalue weighted by atomic mass is 9.79. The van der Waals surface area contributed by atoms with Crippen LogP contribution in [-0.2, 0) is 19.1 Å². The van der Waals surface area contributed by atoms with E-state index in [0.29, 0.717) is 18.7 Å². The number of rotatable bonds is 5. The first-order chi connectivity index (χ1) is 10.8. The summed E-state index contributed by atoms with van der Waals surface area (Å²) in [6.07, 6.45) is 0.293. The average Bonchev–Trinajstić information content (AvgIpc) is 2.72. The summed E-state index contributed by atoms with van der Waals surface area (Å²) < 4.78 is 5.08. The van der Waals surface area contributed by atoms with Crippen LogP contribution >= 0.6 is 0 Å². The molecule has 0 bridgehead atoms. The fourth-order valence-electron chi connectivity index (χ4n) is 2.92. The standard InChI is InChI=1S/C18H23NO4/c1-5-23-17(22)18(3,4)11-14-12(2)15(20)19(16(14)21)13-9-7-6-8-10-13/h6-10,12,14H,5,11H2,1-4H3. The number of nitrogens with zero attached hydrogens (tertiary/aromatic N) is 1. The molecule has 5 nitrogen and oxygen atoms in total. The lowest BCUT2D eigenvalue weighted by Crippen LogP contribution is -2.34. The maximum atomic E-state index is 12.7. The van der Waals surface area contributed by atoms with Gasteiger partial charge in [0, 0.05) is 5.92 Å². The number of para-hydroxylation sites is 1. The van der Waals surface area contributed by atoms with Crippen LogP contribution in [-0.4, -0.2) is 24.4 Å². The number of imide groups is 1. The number of anilines is 1. The normalized spacial score (nSPS) is 21.7. The first kappa shape index (κ1) is 17.2. The van der Waals surface area contributed by atoms with Crippen molar-refractivity contribution in [2.24, 2.45) is 17.3 Å². The molecule has 2 amide bonds. The highest BCUT2D eigenvalue weighted by atomic mass is 16.5. The lowest BCUT2D eigenvalue weighted by Gasteiger charge is -2.25. The molecule has 1 aliphatic rings. The summed E-state index contributed by atoms with van der Waals surface area (Å²) in [5.74, 6) is -1.76. The van der Waals surface area contributed by atoms with E-state index < -0.39 is 17.3 Å². The number of ether oxygens (including phenoxy) is 1. The zero-order chi connectivity index (χ0) is 17.2. The number of carbonyl (C=O) groups is 3. The molecule has 23 heavy (non-hydrogen) atoms. The fraction of sp³-hybridized carbons (Fsp3) is 0.500. The third-order valence-corrected chi connectivity index (χ3v) is 4.32. The molecule has 2 rings (SSSR count). The van der Waals surface area contributed by atoms with Crippen LogP contribution in [0.25, 0.3) is 0 Å². The highest BCUT2D eigenvalue weighted by Gasteiger charge is 2.49. The Morgan fingerprint density at radius 2 is 1.78 bits per heavy atom. The Labute approximate surface area is 136 Å². The summed E-state index contributed by atoms with van der Waals surface area (Å²) in [5.41, 5.74) is -0.233. The van der Waals surface area contributed by atoms with Gasteiger partial charge in [0.1, 0.15) is 0 Å². The van der Waals surface area contributed by atoms with Crippen molar-refractivity contribution >= 4 is 23.5 Å². The molecule has 1 fully saturated rings. The van der Waals surface area contributed by atoms with Gasteiger partial charge in [-0.2, -0.15) is 0 Å². The molecule has 124 valence electrons. The molecule has 1 aliphatic heterocycles. The van der Waals surface area contributed by atoms with Gasteiger partial charge in [0.25, 0.3) is 0 Å². The summed E-state index contributed by atoms with van der Waals surface area (Å²) in [7, 11) is 0. The number of amides is 2. The van der Waals surface area contributed by atoms with Crippen LogP contribution in [0.15, 0.2) is 30.3 Å². The summed E-state index contributed by atoms with van der Waals surface area (Å²) in [5, 5.41) is 0. The van der Waals surface area contributed by atoms with E-state index in [1.807, 2.05) is 6.07 Å². The Balaban J connectivity index is 2.23. The Morgan fingerprint density at radius 3 is 2.35 bits per heavy atom. The van der Waals surface area contributed by atoms with Crippen LogP contribution < -0.4 is 4.90 Å². The van der Waals surface area contributed by atoms with E-state index >= 15 is 0 Å². The van der Waals surface area contributed by atoms with Crippen molar-refractivity contribution in [3.8, 4) is 0 Å². The van der Waals surface area contributed by atoms with Crippen molar-refractivity contribution < 1.29 is 19.1 Å². The maximum Gasteiger partial charge on any atom is 0.311 e. The molecule has 0 radical (unpaired) electrons. The van der Waals surface area contributed by atoms with Gasteiger partial charge in [-0.15, -0.1) is 0 Å². The van der Waals surface area contributed by atoms with Crippen molar-refractivity contribution in [1.82, 2.24) is 0 Å². The predicted octanol–water partition coefficient (Wildman–Crippen LogP) is 2.79. The minimum Gasteiger partial charge on any atom is -0.466 e. The number of hydrogen-bond acceptors (Lipinski definition) is 4. The van der Waals surface area contributed by atoms with Gasteiger partial charge in [-0.3, -0.25) is 19.3 Å². The quantitative estimate of drug-likeness (QED) is 0.619. The first-order valence-corrected chi connectivity index (χ1v) is 7.89. The smallest absolute Gasteiger partial charge is 0.311 e. The number of carbonyl (C=O) groups excluding carboxylic acids is 3. The fourth-order valence-corrected chi connectivity index (χ4v) is 2.92. The molecule has 1 aromatic rings. The van der Waals surface area contributed by atoms with Gasteiger partial charge in [-0.05, 0) is 39.3 Å². The van der Waals surface area contributed by atoms with Crippen LogP contribution in [0.3, 0.4) is 0 Å². The molecule has 0 aliphatic carbocycles. The van der Waals surface area contributed by atoms with E-state index in [1.165, 1.54) is 4.90 Å². The van der Waals surface area contributed by atoms with Gasteiger partial charge in [0.2, 0.25) is 11.8 Å². The van der Waals surface area contributed by atoms with Crippen molar-refractivity contribution in [2.75, 3.05) is 11.5 Å². The van der Waals surface area contributed by atoms with Crippen LogP contribution in [0.5, 0.6) is 0 Å². The van der Waals surface area contributed by atoms with E-state index in [-0.39, 0.29) is 17.8 Å². The zero-order valence-electron chi connectivity index (χ0n) is 14.0. The van der Waals surface area contributed by atoms with Gasteiger partial charge in [0.15, 0.2) is 0 Å². The van der Waals surface area contributed by atoms with Crippen molar-refractivity contribution in [1.29, 1.82) is 0 Å². The third kappa shape index (κ3) is 3.28. The summed E-state index contributed by atoms with van der Waals surface area (Å²) >= 11 is 0. The van der Waals surface area contributed by atoms with Crippen LogP contribution in [0.2, 0.25) is 0 Å². The van der Waals surface area contributed by atoms with Gasteiger partial charge >= 0.3 is 5.97 Å². The Kier molecular flexibility index (Phi) is 4.88. The molecule has 5 heteroatoms. The monoisotopic (exact) mass is 317 g/mol. The first-order valence-electron chi connectivity index (χ1n) is 7.89. The van der Waals surface area contributed by atoms with Crippen LogP contribution in [0, 0.1) is 17.3 Å². The van der Waals surface area contributed by atoms with Crippen molar-refractivity contribution in [3.05, 3.63) is 30.3 Å². The van der Waals surface area contributed by atoms with E-state index in [9.17, 15) is 14.4 Å². The molecule has 0 N–H and O–H groups in total. The van der Waals surface area contributed by atoms with E-state index in [1.54, 1.807) is 52.0 Å². The number of benzene rings is 1. The summed E-state index contributed by atoms with van der Waals surface area (Å²) in [6.45, 7) is 7.29. The van der Waals surface area contributed by atoms with E-state index in [0.717, 1.165) is 0 Å². The van der Waals surface area contributed by atoms with Crippen LogP contribution in [0.4, 0.5) is 5.69 Å². The van der Waals surface area contributed by atoms with E-state index in [4.69, 9.17) is 4.74 Å². The van der Waals surface area contributed by atoms with Gasteiger partial charge in [-0.25, -0.2) is 0 Å². The minimum absolute atomic E-state index is 0.217. The highest BCUT2D eigenvalue weighted by molar-refractivity contribution is 6.21. The number of esters is 1. The molecule has 1 heterocycles. The Morgan fingerprint density at radius 1 is 1.17 bits per heavy atom. The molecule has 0 aromatic heterocycles. The van der Waals surface area contributed by atoms with Gasteiger partial charge in [-0.1, -0.05) is 25.1 Å². The van der Waals surface area contributed by atoms with Gasteiger partial charge in [0.05, 0.1) is 23.6 Å². The lowest BCUT2D eigenvalue weighted by molar-refractivity contribution is -0.154. The van der Waals surface area contributed by atoms with Crippen molar-refractivity contribution in [3.63, 3.8) is 0 Å². The SMILES string of the molecule is CCOC(=O)C(C)(C)CC1C(=O)N(c2ccccc2)C(=O)C1C. The molecule has 0 saturated carbocycles. The largest absolute Gasteiger partial charge is 0.466 e. The molecule has 1 saturated heterocycles. The topological polar surface area (TPSA) is 63.7 Å². The average molecular weight is 317 g/mol. The van der Waals surface area contributed by atoms with Crippen LogP contribution in [0.1, 0.15) is 34.1 Å². The summed E-state index contributed by atoms with van der Waals surface area (Å²) in [4.78, 5) is 38.5. The zero-order valence-corrected chi connectivity index (χ0v) is 14.0. The van der Waals surface area contributed by atoms with Crippen molar-refractivity contribution in [2.45, 2.75) is 34.1 Å². The second-order valence-corrected chi connectivity index (χ2v) is 6.55. The van der Waals surface area contributed by atoms with Gasteiger partial charge < -0.3 is 4.74 Å². The molecule has 2 unspecified atom stereocenters. The predicted molar refractivity (Wildman–Crippen MR) is 86.6 cm³/mol. The summed E-state index contributed by atoms with van der Waals surface area (Å²) in [6, 6.07) is 8.88. The highest BCUT2D eigenvalue weighted by Crippen LogP contribution is 2.38.